The maximum absolute atomic E-state index is 10.9. The highest BCUT2D eigenvalue weighted by molar-refractivity contribution is 5.71. The summed E-state index contributed by atoms with van der Waals surface area (Å²) in [6, 6.07) is 1.90. The summed E-state index contributed by atoms with van der Waals surface area (Å²) in [5, 5.41) is 13.1. The molecule has 2 heterocycles. The van der Waals surface area contributed by atoms with Crippen LogP contribution in [0.15, 0.2) is 18.5 Å². The molecule has 1 aromatic rings. The van der Waals surface area contributed by atoms with E-state index in [2.05, 4.69) is 10.00 Å². The van der Waals surface area contributed by atoms with Crippen LogP contribution in [0.4, 0.5) is 0 Å². The van der Waals surface area contributed by atoms with Crippen LogP contribution >= 0.6 is 0 Å². The number of aliphatic carboxylic acids is 1. The number of carbonyl (C=O) groups is 1. The molecule has 88 valence electrons. The average Bonchev–Trinajstić information content (AvgIpc) is 2.83. The Morgan fingerprint density at radius 3 is 2.88 bits per heavy atom. The van der Waals surface area contributed by atoms with Crippen molar-refractivity contribution in [3.05, 3.63) is 18.5 Å². The van der Waals surface area contributed by atoms with Gasteiger partial charge in [0.25, 0.3) is 0 Å². The number of hydrogen-bond donors (Lipinski definition) is 1. The lowest BCUT2D eigenvalue weighted by Gasteiger charge is -2.14. The zero-order valence-corrected chi connectivity index (χ0v) is 9.41. The summed E-state index contributed by atoms with van der Waals surface area (Å²) >= 11 is 0. The van der Waals surface area contributed by atoms with Crippen molar-refractivity contribution in [3.63, 3.8) is 0 Å². The summed E-state index contributed by atoms with van der Waals surface area (Å²) in [6.45, 7) is 5.24. The Bertz CT molecular complexity index is 350. The molecule has 0 amide bonds. The van der Waals surface area contributed by atoms with Crippen molar-refractivity contribution in [3.8, 4) is 0 Å². The summed E-state index contributed by atoms with van der Waals surface area (Å²) in [6.07, 6.45) is 3.68. The van der Waals surface area contributed by atoms with Crippen molar-refractivity contribution in [2.75, 3.05) is 19.6 Å². The van der Waals surface area contributed by atoms with Crippen molar-refractivity contribution < 1.29 is 9.90 Å². The van der Waals surface area contributed by atoms with Crippen molar-refractivity contribution in [2.24, 2.45) is 11.8 Å². The van der Waals surface area contributed by atoms with E-state index in [0.29, 0.717) is 6.54 Å². The van der Waals surface area contributed by atoms with Gasteiger partial charge in [-0.2, -0.15) is 5.10 Å². The molecule has 1 aliphatic rings. The van der Waals surface area contributed by atoms with Gasteiger partial charge in [-0.25, -0.2) is 0 Å². The largest absolute Gasteiger partial charge is 0.481 e. The van der Waals surface area contributed by atoms with Crippen molar-refractivity contribution in [1.29, 1.82) is 0 Å². The smallest absolute Gasteiger partial charge is 0.308 e. The van der Waals surface area contributed by atoms with Crippen LogP contribution in [0.3, 0.4) is 0 Å². The Morgan fingerprint density at radius 1 is 1.50 bits per heavy atom. The summed E-state index contributed by atoms with van der Waals surface area (Å²) in [7, 11) is 0. The number of hydrogen-bond acceptors (Lipinski definition) is 3. The van der Waals surface area contributed by atoms with E-state index in [4.69, 9.17) is 5.11 Å². The van der Waals surface area contributed by atoms with Gasteiger partial charge >= 0.3 is 5.97 Å². The number of aromatic nitrogens is 2. The van der Waals surface area contributed by atoms with Gasteiger partial charge in [0.1, 0.15) is 0 Å². The molecule has 1 N–H and O–H groups in total. The van der Waals surface area contributed by atoms with Crippen LogP contribution in [-0.4, -0.2) is 45.4 Å². The fourth-order valence-electron chi connectivity index (χ4n) is 2.25. The Labute approximate surface area is 94.7 Å². The van der Waals surface area contributed by atoms with Crippen LogP contribution in [0.1, 0.15) is 6.92 Å². The monoisotopic (exact) mass is 223 g/mol. The maximum Gasteiger partial charge on any atom is 0.308 e. The van der Waals surface area contributed by atoms with Gasteiger partial charge in [0.05, 0.1) is 12.5 Å². The number of carboxylic acids is 1. The normalized spacial score (nSPS) is 26.1. The second-order valence-electron chi connectivity index (χ2n) is 4.45. The number of nitrogens with zero attached hydrogens (tertiary/aromatic N) is 3. The molecule has 2 atom stereocenters. The van der Waals surface area contributed by atoms with E-state index in [1.807, 2.05) is 23.9 Å². The van der Waals surface area contributed by atoms with Crippen molar-refractivity contribution in [1.82, 2.24) is 14.7 Å². The molecule has 1 fully saturated rings. The van der Waals surface area contributed by atoms with Gasteiger partial charge in [-0.15, -0.1) is 0 Å². The molecule has 1 aliphatic heterocycles. The van der Waals surface area contributed by atoms with Crippen LogP contribution in [0.25, 0.3) is 0 Å². The third-order valence-corrected chi connectivity index (χ3v) is 3.21. The Morgan fingerprint density at radius 2 is 2.31 bits per heavy atom. The van der Waals surface area contributed by atoms with Gasteiger partial charge in [0.2, 0.25) is 0 Å². The van der Waals surface area contributed by atoms with Crippen LogP contribution in [0, 0.1) is 11.8 Å². The molecule has 16 heavy (non-hydrogen) atoms. The van der Waals surface area contributed by atoms with E-state index in [0.717, 1.165) is 19.6 Å². The van der Waals surface area contributed by atoms with Crippen molar-refractivity contribution >= 4 is 5.97 Å². The van der Waals surface area contributed by atoms with Crippen molar-refractivity contribution in [2.45, 2.75) is 13.5 Å². The van der Waals surface area contributed by atoms with E-state index >= 15 is 0 Å². The van der Waals surface area contributed by atoms with Gasteiger partial charge in [-0.1, -0.05) is 6.92 Å². The van der Waals surface area contributed by atoms with E-state index in [1.165, 1.54) is 0 Å². The molecule has 2 rings (SSSR count). The third kappa shape index (κ3) is 2.41. The van der Waals surface area contributed by atoms with E-state index in [9.17, 15) is 4.79 Å². The summed E-state index contributed by atoms with van der Waals surface area (Å²) in [4.78, 5) is 13.1. The number of likely N-dealkylation sites (tertiary alicyclic amines) is 1. The molecule has 0 saturated carbocycles. The first-order chi connectivity index (χ1) is 7.66. The fraction of sp³-hybridized carbons (Fsp3) is 0.636. The third-order valence-electron chi connectivity index (χ3n) is 3.21. The predicted octanol–water partition coefficient (Wildman–Crippen LogP) is 0.536. The summed E-state index contributed by atoms with van der Waals surface area (Å²) in [5.41, 5.74) is 0. The fourth-order valence-corrected chi connectivity index (χ4v) is 2.25. The van der Waals surface area contributed by atoms with Crippen LogP contribution in [0.5, 0.6) is 0 Å². The van der Waals surface area contributed by atoms with Gasteiger partial charge in [0.15, 0.2) is 0 Å². The lowest BCUT2D eigenvalue weighted by molar-refractivity contribution is -0.142. The first-order valence-electron chi connectivity index (χ1n) is 5.59. The molecular formula is C11H17N3O2. The zero-order valence-electron chi connectivity index (χ0n) is 9.41. The Hall–Kier alpha value is -1.36. The molecule has 0 aliphatic carbocycles. The van der Waals surface area contributed by atoms with E-state index in [1.54, 1.807) is 6.20 Å². The molecular weight excluding hydrogens is 206 g/mol. The number of rotatable bonds is 4. The first kappa shape index (κ1) is 11.1. The molecule has 1 saturated heterocycles. The zero-order chi connectivity index (χ0) is 11.5. The lowest BCUT2D eigenvalue weighted by Crippen LogP contribution is -2.26. The number of carboxylic acid groups (broad SMARTS) is 1. The highest BCUT2D eigenvalue weighted by Crippen LogP contribution is 2.22. The molecule has 0 bridgehead atoms. The molecule has 5 nitrogen and oxygen atoms in total. The minimum absolute atomic E-state index is 0.211. The van der Waals surface area contributed by atoms with Gasteiger partial charge in [-0.05, 0) is 12.0 Å². The summed E-state index contributed by atoms with van der Waals surface area (Å²) in [5.74, 6) is -0.637. The minimum Gasteiger partial charge on any atom is -0.481 e. The minimum atomic E-state index is -0.672. The Kier molecular flexibility index (Phi) is 3.24. The predicted molar refractivity (Wildman–Crippen MR) is 59.0 cm³/mol. The highest BCUT2D eigenvalue weighted by atomic mass is 16.4. The first-order valence-corrected chi connectivity index (χ1v) is 5.59. The van der Waals surface area contributed by atoms with Crippen LogP contribution in [-0.2, 0) is 11.3 Å². The highest BCUT2D eigenvalue weighted by Gasteiger charge is 2.34. The maximum atomic E-state index is 10.9. The standard InChI is InChI=1S/C11H17N3O2/c1-9-7-13(8-10(9)11(15)16)5-6-14-4-2-3-12-14/h2-4,9-10H,5-8H2,1H3,(H,15,16). The van der Waals surface area contributed by atoms with E-state index in [-0.39, 0.29) is 11.8 Å². The molecule has 1 aromatic heterocycles. The quantitative estimate of drug-likeness (QED) is 0.809. The SMILES string of the molecule is CC1CN(CCn2cccn2)CC1C(=O)O. The second-order valence-corrected chi connectivity index (χ2v) is 4.45. The topological polar surface area (TPSA) is 58.4 Å². The molecule has 2 unspecified atom stereocenters. The van der Waals surface area contributed by atoms with E-state index < -0.39 is 5.97 Å². The van der Waals surface area contributed by atoms with Gasteiger partial charge < -0.3 is 10.0 Å². The molecule has 0 aromatic carbocycles. The molecule has 5 heteroatoms. The average molecular weight is 223 g/mol. The van der Waals surface area contributed by atoms with Gasteiger partial charge in [0, 0.05) is 32.0 Å². The second kappa shape index (κ2) is 4.65. The van der Waals surface area contributed by atoms with Crippen LogP contribution in [0.2, 0.25) is 0 Å². The molecule has 0 spiro atoms. The lowest BCUT2D eigenvalue weighted by atomic mass is 9.99. The van der Waals surface area contributed by atoms with Gasteiger partial charge in [-0.3, -0.25) is 9.48 Å². The summed E-state index contributed by atoms with van der Waals surface area (Å²) < 4.78 is 1.87. The van der Waals surface area contributed by atoms with Crippen LogP contribution < -0.4 is 0 Å². The Balaban J connectivity index is 1.82. The molecule has 0 radical (unpaired) electrons.